The average Bonchev–Trinajstić information content (AvgIpc) is 3.00. The Morgan fingerprint density at radius 1 is 1.36 bits per heavy atom. The smallest absolute Gasteiger partial charge is 0.268 e. The van der Waals surface area contributed by atoms with Crippen molar-refractivity contribution >= 4 is 27.4 Å². The molecule has 8 heteroatoms. The number of nitrogens with one attached hydrogen (secondary N) is 1. The molecule has 3 aromatic rings. The Hall–Kier alpha value is -2.32. The van der Waals surface area contributed by atoms with E-state index in [0.717, 1.165) is 29.9 Å². The Kier molecular flexibility index (Phi) is 4.01. The second kappa shape index (κ2) is 6.20. The number of thiophene rings is 1. The lowest BCUT2D eigenvalue weighted by Crippen LogP contribution is -2.28. The quantitative estimate of drug-likeness (QED) is 0.741. The van der Waals surface area contributed by atoms with E-state index in [1.165, 1.54) is 11.3 Å². The van der Waals surface area contributed by atoms with E-state index in [2.05, 4.69) is 19.9 Å². The molecule has 0 atom stereocenters. The molecular formula is C17H19N5O2S. The van der Waals surface area contributed by atoms with Gasteiger partial charge in [0, 0.05) is 24.7 Å². The maximum atomic E-state index is 12.1. The van der Waals surface area contributed by atoms with Gasteiger partial charge in [0.05, 0.1) is 18.2 Å². The van der Waals surface area contributed by atoms with Crippen molar-refractivity contribution in [3.8, 4) is 0 Å². The van der Waals surface area contributed by atoms with E-state index >= 15 is 0 Å². The summed E-state index contributed by atoms with van der Waals surface area (Å²) in [5.41, 5.74) is 1.58. The minimum absolute atomic E-state index is 0.105. The second-order valence-corrected chi connectivity index (χ2v) is 7.44. The molecule has 1 aliphatic rings. The minimum atomic E-state index is -0.215. The largest absolute Gasteiger partial charge is 0.393 e. The highest BCUT2D eigenvalue weighted by Crippen LogP contribution is 2.36. The molecule has 25 heavy (non-hydrogen) atoms. The molecular weight excluding hydrogens is 338 g/mol. The van der Waals surface area contributed by atoms with Gasteiger partial charge in [-0.15, -0.1) is 11.3 Å². The van der Waals surface area contributed by atoms with Crippen LogP contribution in [0.3, 0.4) is 0 Å². The zero-order chi connectivity index (χ0) is 17.6. The zero-order valence-corrected chi connectivity index (χ0v) is 14.9. The molecule has 4 rings (SSSR count). The summed E-state index contributed by atoms with van der Waals surface area (Å²) in [5.74, 6) is 2.40. The maximum absolute atomic E-state index is 12.1. The van der Waals surface area contributed by atoms with Gasteiger partial charge in [-0.05, 0) is 31.2 Å². The number of nitrogens with zero attached hydrogens (tertiary/aromatic N) is 4. The Labute approximate surface area is 148 Å². The van der Waals surface area contributed by atoms with Crippen LogP contribution in [0.2, 0.25) is 0 Å². The molecule has 0 radical (unpaired) electrons. The van der Waals surface area contributed by atoms with Crippen LogP contribution in [0, 0.1) is 6.92 Å². The molecule has 0 bridgehead atoms. The third-order valence-corrected chi connectivity index (χ3v) is 5.42. The van der Waals surface area contributed by atoms with Crippen molar-refractivity contribution in [2.75, 3.05) is 11.9 Å². The third kappa shape index (κ3) is 3.14. The molecule has 2 N–H and O–H groups in total. The van der Waals surface area contributed by atoms with Gasteiger partial charge in [0.25, 0.3) is 5.56 Å². The Morgan fingerprint density at radius 3 is 2.92 bits per heavy atom. The van der Waals surface area contributed by atoms with Crippen molar-refractivity contribution in [1.82, 2.24) is 19.9 Å². The number of fused-ring (bicyclic) bond motifs is 1. The fraction of sp³-hybridized carbons (Fsp3) is 0.412. The van der Waals surface area contributed by atoms with Crippen molar-refractivity contribution < 1.29 is 5.11 Å². The molecule has 7 nitrogen and oxygen atoms in total. The van der Waals surface area contributed by atoms with E-state index in [-0.39, 0.29) is 11.7 Å². The van der Waals surface area contributed by atoms with Gasteiger partial charge < -0.3 is 15.0 Å². The Morgan fingerprint density at radius 2 is 2.16 bits per heavy atom. The molecule has 0 unspecified atom stereocenters. The first kappa shape index (κ1) is 16.2. The number of aromatic amines is 1. The summed E-state index contributed by atoms with van der Waals surface area (Å²) < 4.78 is 0.648. The van der Waals surface area contributed by atoms with Gasteiger partial charge in [0.15, 0.2) is 0 Å². The van der Waals surface area contributed by atoms with Crippen LogP contribution in [0.5, 0.6) is 0 Å². The normalized spacial score (nSPS) is 19.8. The SMILES string of the molecule is Cc1nc(C2CC(O)C2)cc(N(C)Cc2nc3ccsc3c(=O)[nH]2)n1. The van der Waals surface area contributed by atoms with Crippen molar-refractivity contribution in [3.05, 3.63) is 45.2 Å². The number of hydrogen-bond acceptors (Lipinski definition) is 7. The van der Waals surface area contributed by atoms with E-state index in [1.807, 2.05) is 36.4 Å². The second-order valence-electron chi connectivity index (χ2n) is 6.52. The summed E-state index contributed by atoms with van der Waals surface area (Å²) in [4.78, 5) is 30.4. The fourth-order valence-corrected chi connectivity index (χ4v) is 3.84. The Balaban J connectivity index is 1.59. The van der Waals surface area contributed by atoms with E-state index in [9.17, 15) is 9.90 Å². The number of H-pyrrole nitrogens is 1. The van der Waals surface area contributed by atoms with Crippen molar-refractivity contribution in [3.63, 3.8) is 0 Å². The summed E-state index contributed by atoms with van der Waals surface area (Å²) >= 11 is 1.39. The first-order chi connectivity index (χ1) is 12.0. The summed E-state index contributed by atoms with van der Waals surface area (Å²) in [7, 11) is 1.92. The summed E-state index contributed by atoms with van der Waals surface area (Å²) in [5, 5.41) is 11.4. The number of aliphatic hydroxyl groups is 1. The average molecular weight is 357 g/mol. The van der Waals surface area contributed by atoms with E-state index in [1.54, 1.807) is 0 Å². The predicted molar refractivity (Wildman–Crippen MR) is 97.1 cm³/mol. The van der Waals surface area contributed by atoms with Gasteiger partial charge in [-0.25, -0.2) is 15.0 Å². The summed E-state index contributed by atoms with van der Waals surface area (Å²) in [6.45, 7) is 2.32. The van der Waals surface area contributed by atoms with Crippen molar-refractivity contribution in [1.29, 1.82) is 0 Å². The number of hydrogen-bond donors (Lipinski definition) is 2. The molecule has 1 aliphatic carbocycles. The van der Waals surface area contributed by atoms with E-state index in [4.69, 9.17) is 0 Å². The lowest BCUT2D eigenvalue weighted by Gasteiger charge is -2.31. The van der Waals surface area contributed by atoms with Crippen LogP contribution in [0.15, 0.2) is 22.3 Å². The van der Waals surface area contributed by atoms with E-state index < -0.39 is 0 Å². The highest BCUT2D eigenvalue weighted by Gasteiger charge is 2.30. The van der Waals surface area contributed by atoms with Gasteiger partial charge >= 0.3 is 0 Å². The molecule has 1 fully saturated rings. The number of aryl methyl sites for hydroxylation is 1. The van der Waals surface area contributed by atoms with Gasteiger partial charge in [-0.2, -0.15) is 0 Å². The molecule has 3 heterocycles. The monoisotopic (exact) mass is 357 g/mol. The molecule has 0 spiro atoms. The standard InChI is InChI=1S/C17H19N5O2S/c1-9-18-13(10-5-11(23)6-10)7-15(19-9)22(2)8-14-20-12-3-4-25-16(12)17(24)21-14/h3-4,7,10-11,23H,5-6,8H2,1-2H3,(H,20,21,24). The number of aliphatic hydroxyl groups excluding tert-OH is 1. The maximum Gasteiger partial charge on any atom is 0.268 e. The number of rotatable bonds is 4. The lowest BCUT2D eigenvalue weighted by molar-refractivity contribution is 0.0731. The highest BCUT2D eigenvalue weighted by molar-refractivity contribution is 7.17. The van der Waals surface area contributed by atoms with Gasteiger partial charge in [-0.3, -0.25) is 4.79 Å². The summed E-state index contributed by atoms with van der Waals surface area (Å²) in [6, 6.07) is 3.82. The van der Waals surface area contributed by atoms with E-state index in [0.29, 0.717) is 28.8 Å². The van der Waals surface area contributed by atoms with Crippen LogP contribution < -0.4 is 10.5 Å². The minimum Gasteiger partial charge on any atom is -0.393 e. The van der Waals surface area contributed by atoms with Crippen LogP contribution in [-0.2, 0) is 6.54 Å². The molecule has 0 amide bonds. The topological polar surface area (TPSA) is 95.0 Å². The van der Waals surface area contributed by atoms with Crippen LogP contribution in [0.25, 0.3) is 10.2 Å². The first-order valence-electron chi connectivity index (χ1n) is 8.21. The number of anilines is 1. The van der Waals surface area contributed by atoms with Crippen LogP contribution in [0.4, 0.5) is 5.82 Å². The van der Waals surface area contributed by atoms with Crippen molar-refractivity contribution in [2.24, 2.45) is 0 Å². The fourth-order valence-electron chi connectivity index (χ4n) is 3.11. The molecule has 130 valence electrons. The van der Waals surface area contributed by atoms with Gasteiger partial charge in [0.2, 0.25) is 0 Å². The molecule has 3 aromatic heterocycles. The predicted octanol–water partition coefficient (Wildman–Crippen LogP) is 1.96. The van der Waals surface area contributed by atoms with Gasteiger partial charge in [0.1, 0.15) is 22.2 Å². The Bertz CT molecular complexity index is 977. The molecule has 0 aromatic carbocycles. The zero-order valence-electron chi connectivity index (χ0n) is 14.1. The van der Waals surface area contributed by atoms with Crippen molar-refractivity contribution in [2.45, 2.75) is 38.3 Å². The third-order valence-electron chi connectivity index (χ3n) is 4.52. The molecule has 0 aliphatic heterocycles. The molecule has 1 saturated carbocycles. The summed E-state index contributed by atoms with van der Waals surface area (Å²) in [6.07, 6.45) is 1.29. The highest BCUT2D eigenvalue weighted by atomic mass is 32.1. The molecule has 0 saturated heterocycles. The van der Waals surface area contributed by atoms with Crippen LogP contribution >= 0.6 is 11.3 Å². The van der Waals surface area contributed by atoms with Crippen LogP contribution in [-0.4, -0.2) is 38.2 Å². The van der Waals surface area contributed by atoms with Crippen LogP contribution in [0.1, 0.15) is 36.1 Å². The first-order valence-corrected chi connectivity index (χ1v) is 9.09. The lowest BCUT2D eigenvalue weighted by atomic mass is 9.80. The van der Waals surface area contributed by atoms with Gasteiger partial charge in [-0.1, -0.05) is 0 Å². The number of aromatic nitrogens is 4.